The highest BCUT2D eigenvalue weighted by Gasteiger charge is 2.07. The second-order valence-electron chi connectivity index (χ2n) is 3.61. The van der Waals surface area contributed by atoms with Crippen molar-refractivity contribution in [3.05, 3.63) is 24.3 Å². The van der Waals surface area contributed by atoms with Crippen LogP contribution in [0.25, 0.3) is 0 Å². The molecule has 0 atom stereocenters. The van der Waals surface area contributed by atoms with Crippen LogP contribution in [-0.4, -0.2) is 26.1 Å². The Morgan fingerprint density at radius 2 is 2.28 bits per heavy atom. The molecule has 0 saturated heterocycles. The first-order valence-electron chi connectivity index (χ1n) is 5.55. The SMILES string of the molecule is CCOCc1nc(N)cc(Sc2nccn2C)n1. The number of nitrogens with two attached hydrogens (primary N) is 1. The molecule has 0 fully saturated rings. The Balaban J connectivity index is 2.17. The van der Waals surface area contributed by atoms with E-state index in [9.17, 15) is 0 Å². The molecule has 0 amide bonds. The van der Waals surface area contributed by atoms with Crippen molar-refractivity contribution in [2.45, 2.75) is 23.7 Å². The van der Waals surface area contributed by atoms with E-state index < -0.39 is 0 Å². The molecule has 0 aliphatic rings. The zero-order valence-corrected chi connectivity index (χ0v) is 11.1. The highest BCUT2D eigenvalue weighted by Crippen LogP contribution is 2.24. The summed E-state index contributed by atoms with van der Waals surface area (Å²) >= 11 is 1.45. The molecular weight excluding hydrogens is 250 g/mol. The summed E-state index contributed by atoms with van der Waals surface area (Å²) in [6, 6.07) is 1.73. The molecule has 2 aromatic rings. The zero-order valence-electron chi connectivity index (χ0n) is 10.3. The van der Waals surface area contributed by atoms with Crippen molar-refractivity contribution in [1.82, 2.24) is 19.5 Å². The summed E-state index contributed by atoms with van der Waals surface area (Å²) in [5, 5.41) is 1.63. The fraction of sp³-hybridized carbons (Fsp3) is 0.364. The minimum atomic E-state index is 0.371. The number of rotatable bonds is 5. The summed E-state index contributed by atoms with van der Waals surface area (Å²) in [5.41, 5.74) is 5.75. The lowest BCUT2D eigenvalue weighted by molar-refractivity contribution is 0.128. The molecule has 7 heteroatoms. The Bertz CT molecular complexity index is 528. The van der Waals surface area contributed by atoms with Crippen molar-refractivity contribution < 1.29 is 4.74 Å². The lowest BCUT2D eigenvalue weighted by Gasteiger charge is -2.05. The quantitative estimate of drug-likeness (QED) is 0.825. The molecule has 0 bridgehead atoms. The van der Waals surface area contributed by atoms with Crippen molar-refractivity contribution in [1.29, 1.82) is 0 Å². The Morgan fingerprint density at radius 1 is 1.44 bits per heavy atom. The van der Waals surface area contributed by atoms with Gasteiger partial charge in [0.05, 0.1) is 0 Å². The van der Waals surface area contributed by atoms with Gasteiger partial charge in [0.25, 0.3) is 0 Å². The second kappa shape index (κ2) is 5.83. The van der Waals surface area contributed by atoms with Crippen LogP contribution in [0.3, 0.4) is 0 Å². The van der Waals surface area contributed by atoms with E-state index in [2.05, 4.69) is 15.0 Å². The standard InChI is InChI=1S/C11H15N5OS/c1-3-17-7-9-14-8(12)6-10(15-9)18-11-13-4-5-16(11)2/h4-6H,3,7H2,1-2H3,(H2,12,14,15). The monoisotopic (exact) mass is 265 g/mol. The summed E-state index contributed by atoms with van der Waals surface area (Å²) in [4.78, 5) is 12.7. The van der Waals surface area contributed by atoms with Gasteiger partial charge in [0.2, 0.25) is 0 Å². The van der Waals surface area contributed by atoms with E-state index in [0.717, 1.165) is 10.2 Å². The first-order chi connectivity index (χ1) is 8.69. The largest absolute Gasteiger partial charge is 0.384 e. The summed E-state index contributed by atoms with van der Waals surface area (Å²) in [7, 11) is 1.93. The third-order valence-electron chi connectivity index (χ3n) is 2.18. The number of nitrogen functional groups attached to an aromatic ring is 1. The Hall–Kier alpha value is -1.60. The molecule has 0 spiro atoms. The molecule has 0 saturated carbocycles. The molecule has 2 rings (SSSR count). The molecule has 6 nitrogen and oxygen atoms in total. The normalized spacial score (nSPS) is 10.8. The molecule has 96 valence electrons. The number of anilines is 1. The zero-order chi connectivity index (χ0) is 13.0. The van der Waals surface area contributed by atoms with Gasteiger partial charge in [0.1, 0.15) is 17.5 Å². The van der Waals surface area contributed by atoms with Crippen LogP contribution in [0.1, 0.15) is 12.7 Å². The van der Waals surface area contributed by atoms with Crippen LogP contribution >= 0.6 is 11.8 Å². The van der Waals surface area contributed by atoms with Crippen molar-refractivity contribution in [3.63, 3.8) is 0 Å². The van der Waals surface area contributed by atoms with Crippen molar-refractivity contribution in [3.8, 4) is 0 Å². The van der Waals surface area contributed by atoms with Crippen molar-refractivity contribution in [2.24, 2.45) is 7.05 Å². The van der Waals surface area contributed by atoms with Crippen molar-refractivity contribution >= 4 is 17.6 Å². The molecule has 2 heterocycles. The highest BCUT2D eigenvalue weighted by molar-refractivity contribution is 7.99. The topological polar surface area (TPSA) is 78.9 Å². The van der Waals surface area contributed by atoms with E-state index in [1.54, 1.807) is 12.3 Å². The molecule has 18 heavy (non-hydrogen) atoms. The lowest BCUT2D eigenvalue weighted by atomic mass is 10.5. The predicted molar refractivity (Wildman–Crippen MR) is 69.1 cm³/mol. The highest BCUT2D eigenvalue weighted by atomic mass is 32.2. The molecule has 0 aliphatic carbocycles. The van der Waals surface area contributed by atoms with Gasteiger partial charge in [-0.15, -0.1) is 0 Å². The number of aromatic nitrogens is 4. The minimum Gasteiger partial charge on any atom is -0.384 e. The second-order valence-corrected chi connectivity index (χ2v) is 4.59. The molecule has 2 aromatic heterocycles. The number of nitrogens with zero attached hydrogens (tertiary/aromatic N) is 4. The van der Waals surface area contributed by atoms with Gasteiger partial charge in [-0.25, -0.2) is 15.0 Å². The molecular formula is C11H15N5OS. The maximum absolute atomic E-state index is 5.75. The number of hydrogen-bond donors (Lipinski definition) is 1. The van der Waals surface area contributed by atoms with Gasteiger partial charge in [-0.2, -0.15) is 0 Å². The minimum absolute atomic E-state index is 0.371. The van der Waals surface area contributed by atoms with Gasteiger partial charge in [-0.05, 0) is 18.7 Å². The number of ether oxygens (including phenoxy) is 1. The van der Waals surface area contributed by atoms with E-state index in [1.165, 1.54) is 11.8 Å². The van der Waals surface area contributed by atoms with E-state index in [-0.39, 0.29) is 0 Å². The number of aryl methyl sites for hydroxylation is 1. The summed E-state index contributed by atoms with van der Waals surface area (Å²) in [5.74, 6) is 1.03. The Kier molecular flexibility index (Phi) is 4.16. The number of imidazole rings is 1. The van der Waals surface area contributed by atoms with Gasteiger partial charge >= 0.3 is 0 Å². The third-order valence-corrected chi connectivity index (χ3v) is 3.17. The fourth-order valence-electron chi connectivity index (χ4n) is 1.35. The van der Waals surface area contributed by atoms with Gasteiger partial charge in [0, 0.05) is 32.1 Å². The van der Waals surface area contributed by atoms with E-state index >= 15 is 0 Å². The first-order valence-corrected chi connectivity index (χ1v) is 6.37. The molecule has 0 aromatic carbocycles. The average molecular weight is 265 g/mol. The van der Waals surface area contributed by atoms with Crippen LogP contribution in [0, 0.1) is 0 Å². The molecule has 0 aliphatic heterocycles. The smallest absolute Gasteiger partial charge is 0.174 e. The summed E-state index contributed by atoms with van der Waals surface area (Å²) < 4.78 is 7.20. The van der Waals surface area contributed by atoms with E-state index in [1.807, 2.05) is 24.7 Å². The maximum atomic E-state index is 5.75. The number of hydrogen-bond acceptors (Lipinski definition) is 6. The molecule has 0 unspecified atom stereocenters. The van der Waals surface area contributed by atoms with Crippen molar-refractivity contribution in [2.75, 3.05) is 12.3 Å². The van der Waals surface area contributed by atoms with Crippen LogP contribution in [0.2, 0.25) is 0 Å². The Morgan fingerprint density at radius 3 is 2.94 bits per heavy atom. The van der Waals surface area contributed by atoms with Crippen LogP contribution < -0.4 is 5.73 Å². The van der Waals surface area contributed by atoms with E-state index in [4.69, 9.17) is 10.5 Å². The van der Waals surface area contributed by atoms with Gasteiger partial charge in [0.15, 0.2) is 11.0 Å². The van der Waals surface area contributed by atoms with E-state index in [0.29, 0.717) is 24.9 Å². The predicted octanol–water partition coefficient (Wildman–Crippen LogP) is 1.48. The lowest BCUT2D eigenvalue weighted by Crippen LogP contribution is -2.03. The summed E-state index contributed by atoms with van der Waals surface area (Å²) in [6.45, 7) is 2.92. The maximum Gasteiger partial charge on any atom is 0.174 e. The average Bonchev–Trinajstić information content (AvgIpc) is 2.72. The van der Waals surface area contributed by atoms with Crippen LogP contribution in [0.4, 0.5) is 5.82 Å². The fourth-order valence-corrected chi connectivity index (χ4v) is 2.18. The summed E-state index contributed by atoms with van der Waals surface area (Å²) in [6.07, 6.45) is 3.63. The van der Waals surface area contributed by atoms with Gasteiger partial charge < -0.3 is 15.0 Å². The van der Waals surface area contributed by atoms with Crippen LogP contribution in [-0.2, 0) is 18.4 Å². The van der Waals surface area contributed by atoms with Crippen LogP contribution in [0.5, 0.6) is 0 Å². The molecule has 2 N–H and O–H groups in total. The van der Waals surface area contributed by atoms with Gasteiger partial charge in [-0.1, -0.05) is 0 Å². The Labute approximate surface area is 110 Å². The first kappa shape index (κ1) is 12.8. The third kappa shape index (κ3) is 3.21. The molecule has 0 radical (unpaired) electrons. The van der Waals surface area contributed by atoms with Crippen LogP contribution in [0.15, 0.2) is 28.6 Å². The van der Waals surface area contributed by atoms with Gasteiger partial charge in [-0.3, -0.25) is 0 Å².